The van der Waals surface area contributed by atoms with Gasteiger partial charge in [0, 0.05) is 0 Å². The predicted octanol–water partition coefficient (Wildman–Crippen LogP) is 0.983. The maximum absolute atomic E-state index is 10.5. The van der Waals surface area contributed by atoms with E-state index in [1.54, 1.807) is 0 Å². The van der Waals surface area contributed by atoms with Crippen molar-refractivity contribution in [1.82, 2.24) is 0 Å². The topological polar surface area (TPSA) is 89.8 Å². The highest BCUT2D eigenvalue weighted by Crippen LogP contribution is 2.32. The maximum atomic E-state index is 10.5. The van der Waals surface area contributed by atoms with Crippen LogP contribution in [0.5, 0.6) is 11.5 Å². The summed E-state index contributed by atoms with van der Waals surface area (Å²) in [6, 6.07) is 3.29. The number of rotatable bonds is 3. The maximum Gasteiger partial charge on any atom is 0.325 e. The monoisotopic (exact) mass is 197 g/mol. The minimum absolute atomic E-state index is 0.0300. The molecule has 1 unspecified atom stereocenters. The molecule has 1 aromatic carbocycles. The minimum Gasteiger partial charge on any atom is -0.506 e. The summed E-state index contributed by atoms with van der Waals surface area (Å²) in [4.78, 5) is 10.5. The van der Waals surface area contributed by atoms with Crippen LogP contribution < -0.4 is 5.32 Å². The molecule has 1 aromatic rings. The molecule has 0 bridgehead atoms. The molecule has 0 aliphatic heterocycles. The predicted molar refractivity (Wildman–Crippen MR) is 50.5 cm³/mol. The van der Waals surface area contributed by atoms with Crippen LogP contribution in [-0.4, -0.2) is 27.3 Å². The van der Waals surface area contributed by atoms with E-state index in [1.165, 1.54) is 25.1 Å². The van der Waals surface area contributed by atoms with Crippen LogP contribution in [0.15, 0.2) is 18.2 Å². The molecule has 1 atom stereocenters. The van der Waals surface area contributed by atoms with Gasteiger partial charge in [-0.15, -0.1) is 0 Å². The van der Waals surface area contributed by atoms with Crippen molar-refractivity contribution in [2.75, 3.05) is 5.32 Å². The van der Waals surface area contributed by atoms with E-state index in [1.807, 2.05) is 0 Å². The highest BCUT2D eigenvalue weighted by Gasteiger charge is 2.14. The summed E-state index contributed by atoms with van der Waals surface area (Å²) in [7, 11) is 0. The molecule has 1 rings (SSSR count). The Morgan fingerprint density at radius 3 is 2.29 bits per heavy atom. The number of carbonyl (C=O) groups is 1. The zero-order valence-electron chi connectivity index (χ0n) is 7.56. The van der Waals surface area contributed by atoms with E-state index in [0.717, 1.165) is 0 Å². The Labute approximate surface area is 80.6 Å². The Kier molecular flexibility index (Phi) is 2.81. The summed E-state index contributed by atoms with van der Waals surface area (Å²) in [6.07, 6.45) is 0. The standard InChI is InChI=1S/C9H11NO4/c1-5(9(13)14)10-8-6(11)3-2-4-7(8)12/h2-5,10-12H,1H3,(H,13,14). The summed E-state index contributed by atoms with van der Waals surface area (Å²) in [5, 5.41) is 29.7. The fourth-order valence-corrected chi connectivity index (χ4v) is 0.954. The number of aliphatic carboxylic acids is 1. The number of aromatic hydroxyl groups is 2. The van der Waals surface area contributed by atoms with Gasteiger partial charge >= 0.3 is 5.97 Å². The lowest BCUT2D eigenvalue weighted by atomic mass is 10.2. The Morgan fingerprint density at radius 1 is 1.36 bits per heavy atom. The van der Waals surface area contributed by atoms with Gasteiger partial charge in [-0.1, -0.05) is 6.07 Å². The lowest BCUT2D eigenvalue weighted by molar-refractivity contribution is -0.137. The molecule has 14 heavy (non-hydrogen) atoms. The zero-order chi connectivity index (χ0) is 10.7. The van der Waals surface area contributed by atoms with E-state index in [2.05, 4.69) is 5.32 Å². The number of phenols is 2. The summed E-state index contributed by atoms with van der Waals surface area (Å²) in [5.74, 6) is -1.43. The molecule has 5 nitrogen and oxygen atoms in total. The van der Waals surface area contributed by atoms with Crippen molar-refractivity contribution in [3.05, 3.63) is 18.2 Å². The molecule has 4 N–H and O–H groups in total. The van der Waals surface area contributed by atoms with E-state index < -0.39 is 12.0 Å². The number of phenolic OH excluding ortho intramolecular Hbond substituents is 2. The van der Waals surface area contributed by atoms with Gasteiger partial charge in [0.05, 0.1) is 0 Å². The van der Waals surface area contributed by atoms with Gasteiger partial charge in [0.2, 0.25) is 0 Å². The van der Waals surface area contributed by atoms with Crippen LogP contribution in [-0.2, 0) is 4.79 Å². The average Bonchev–Trinajstić information content (AvgIpc) is 2.11. The number of nitrogens with one attached hydrogen (secondary N) is 1. The first-order valence-electron chi connectivity index (χ1n) is 4.02. The third-order valence-corrected chi connectivity index (χ3v) is 1.75. The van der Waals surface area contributed by atoms with E-state index >= 15 is 0 Å². The molecule has 0 amide bonds. The first-order valence-corrected chi connectivity index (χ1v) is 4.02. The molecule has 0 saturated heterocycles. The summed E-state index contributed by atoms with van der Waals surface area (Å²) >= 11 is 0. The largest absolute Gasteiger partial charge is 0.506 e. The van der Waals surface area contributed by atoms with Crippen molar-refractivity contribution >= 4 is 11.7 Å². The fraction of sp³-hybridized carbons (Fsp3) is 0.222. The number of carboxylic acid groups (broad SMARTS) is 1. The first kappa shape index (κ1) is 10.2. The minimum atomic E-state index is -1.06. The molecule has 76 valence electrons. The van der Waals surface area contributed by atoms with E-state index in [0.29, 0.717) is 0 Å². The number of anilines is 1. The molecule has 0 aliphatic rings. The SMILES string of the molecule is CC(Nc1c(O)cccc1O)C(=O)O. The Bertz CT molecular complexity index is 330. The van der Waals surface area contributed by atoms with Gasteiger partial charge in [-0.25, -0.2) is 0 Å². The van der Waals surface area contributed by atoms with Gasteiger partial charge in [0.25, 0.3) is 0 Å². The van der Waals surface area contributed by atoms with Crippen molar-refractivity contribution in [3.63, 3.8) is 0 Å². The van der Waals surface area contributed by atoms with Crippen LogP contribution in [0.1, 0.15) is 6.92 Å². The van der Waals surface area contributed by atoms with Gasteiger partial charge in [0.15, 0.2) is 0 Å². The number of carboxylic acids is 1. The van der Waals surface area contributed by atoms with E-state index in [4.69, 9.17) is 5.11 Å². The Balaban J connectivity index is 2.91. The number of hydrogen-bond donors (Lipinski definition) is 4. The molecule has 0 spiro atoms. The highest BCUT2D eigenvalue weighted by atomic mass is 16.4. The molecule has 0 radical (unpaired) electrons. The van der Waals surface area contributed by atoms with Gasteiger partial charge in [-0.2, -0.15) is 0 Å². The number of hydrogen-bond acceptors (Lipinski definition) is 4. The van der Waals surface area contributed by atoms with Crippen molar-refractivity contribution in [3.8, 4) is 11.5 Å². The Morgan fingerprint density at radius 2 is 1.86 bits per heavy atom. The lowest BCUT2D eigenvalue weighted by Gasteiger charge is -2.13. The molecule has 0 fully saturated rings. The zero-order valence-corrected chi connectivity index (χ0v) is 7.56. The smallest absolute Gasteiger partial charge is 0.325 e. The second-order valence-electron chi connectivity index (χ2n) is 2.88. The van der Waals surface area contributed by atoms with E-state index in [-0.39, 0.29) is 17.2 Å². The molecule has 0 saturated carbocycles. The van der Waals surface area contributed by atoms with Gasteiger partial charge in [-0.05, 0) is 19.1 Å². The van der Waals surface area contributed by atoms with E-state index in [9.17, 15) is 15.0 Å². The molecule has 0 aromatic heterocycles. The van der Waals surface area contributed by atoms with Crippen LogP contribution in [0.25, 0.3) is 0 Å². The fourth-order valence-electron chi connectivity index (χ4n) is 0.954. The quantitative estimate of drug-likeness (QED) is 0.542. The van der Waals surface area contributed by atoms with Crippen LogP contribution in [0.3, 0.4) is 0 Å². The average molecular weight is 197 g/mol. The van der Waals surface area contributed by atoms with Gasteiger partial charge < -0.3 is 20.6 Å². The lowest BCUT2D eigenvalue weighted by Crippen LogP contribution is -2.25. The second-order valence-corrected chi connectivity index (χ2v) is 2.88. The normalized spacial score (nSPS) is 12.1. The van der Waals surface area contributed by atoms with Crippen molar-refractivity contribution in [2.24, 2.45) is 0 Å². The molecule has 5 heteroatoms. The summed E-state index contributed by atoms with van der Waals surface area (Å²) in [5.41, 5.74) is 0.0300. The van der Waals surface area contributed by atoms with Crippen molar-refractivity contribution < 1.29 is 20.1 Å². The van der Waals surface area contributed by atoms with Crippen molar-refractivity contribution in [1.29, 1.82) is 0 Å². The third-order valence-electron chi connectivity index (χ3n) is 1.75. The van der Waals surface area contributed by atoms with Crippen LogP contribution in [0.4, 0.5) is 5.69 Å². The Hall–Kier alpha value is -1.91. The molecule has 0 aliphatic carbocycles. The van der Waals surface area contributed by atoms with Crippen molar-refractivity contribution in [2.45, 2.75) is 13.0 Å². The highest BCUT2D eigenvalue weighted by molar-refractivity contribution is 5.79. The number of benzene rings is 1. The number of para-hydroxylation sites is 1. The van der Waals surface area contributed by atoms with Crippen LogP contribution >= 0.6 is 0 Å². The second kappa shape index (κ2) is 3.87. The molecular formula is C9H11NO4. The summed E-state index contributed by atoms with van der Waals surface area (Å²) in [6.45, 7) is 1.41. The molecule has 0 heterocycles. The van der Waals surface area contributed by atoms with Crippen LogP contribution in [0, 0.1) is 0 Å². The first-order chi connectivity index (χ1) is 6.52. The van der Waals surface area contributed by atoms with Crippen LogP contribution in [0.2, 0.25) is 0 Å². The molecular weight excluding hydrogens is 186 g/mol. The van der Waals surface area contributed by atoms with Gasteiger partial charge in [0.1, 0.15) is 23.2 Å². The summed E-state index contributed by atoms with van der Waals surface area (Å²) < 4.78 is 0. The third kappa shape index (κ3) is 2.07. The van der Waals surface area contributed by atoms with Gasteiger partial charge in [-0.3, -0.25) is 4.79 Å².